The van der Waals surface area contributed by atoms with E-state index in [4.69, 9.17) is 6.57 Å². The highest BCUT2D eigenvalue weighted by molar-refractivity contribution is 7.26. The maximum Gasteiger partial charge on any atom is 0.189 e. The highest BCUT2D eigenvalue weighted by atomic mass is 32.1. The van der Waals surface area contributed by atoms with Crippen molar-refractivity contribution >= 4 is 80.8 Å². The summed E-state index contributed by atoms with van der Waals surface area (Å²) in [7, 11) is 0. The summed E-state index contributed by atoms with van der Waals surface area (Å²) >= 11 is 1.86. The fraction of sp³-hybridized carbons (Fsp3) is 0. The van der Waals surface area contributed by atoms with Gasteiger partial charge < -0.3 is 9.13 Å². The topological polar surface area (TPSA) is 38.0 Å². The predicted molar refractivity (Wildman–Crippen MR) is 230 cm³/mol. The molecule has 0 atom stereocenters. The second-order valence-corrected chi connectivity index (χ2v) is 15.0. The number of hydrogen-bond donors (Lipinski definition) is 0. The van der Waals surface area contributed by atoms with E-state index in [1.165, 1.54) is 41.7 Å². The van der Waals surface area contributed by atoms with Crippen LogP contribution in [0.1, 0.15) is 5.56 Å². The van der Waals surface area contributed by atoms with Crippen molar-refractivity contribution in [2.24, 2.45) is 0 Å². The molecule has 0 bridgehead atoms. The van der Waals surface area contributed by atoms with Crippen molar-refractivity contribution in [1.82, 2.24) is 9.13 Å². The molecule has 5 heteroatoms. The first-order chi connectivity index (χ1) is 27.2. The van der Waals surface area contributed by atoms with Gasteiger partial charge in [-0.05, 0) is 83.4 Å². The van der Waals surface area contributed by atoms with Crippen molar-refractivity contribution in [1.29, 1.82) is 5.26 Å². The van der Waals surface area contributed by atoms with E-state index < -0.39 is 0 Å². The minimum Gasteiger partial charge on any atom is -0.309 e. The first-order valence-electron chi connectivity index (χ1n) is 18.2. The number of benzene rings is 8. The lowest BCUT2D eigenvalue weighted by Gasteiger charge is -2.18. The minimum absolute atomic E-state index is 0.452. The molecular weight excluding hydrogens is 689 g/mol. The smallest absolute Gasteiger partial charge is 0.189 e. The van der Waals surface area contributed by atoms with Crippen molar-refractivity contribution in [3.05, 3.63) is 187 Å². The number of fused-ring (bicyclic) bond motifs is 10. The molecule has 8 aromatic carbocycles. The molecule has 0 aliphatic carbocycles. The third-order valence-electron chi connectivity index (χ3n) is 10.9. The van der Waals surface area contributed by atoms with Gasteiger partial charge in [-0.15, -0.1) is 11.3 Å². The van der Waals surface area contributed by atoms with Gasteiger partial charge in [-0.3, -0.25) is 0 Å². The van der Waals surface area contributed by atoms with Gasteiger partial charge in [-0.2, -0.15) is 5.26 Å². The lowest BCUT2D eigenvalue weighted by Crippen LogP contribution is -2.01. The lowest BCUT2D eigenvalue weighted by molar-refractivity contribution is 1.14. The van der Waals surface area contributed by atoms with Crippen LogP contribution in [-0.2, 0) is 0 Å². The van der Waals surface area contributed by atoms with Crippen LogP contribution in [0, 0.1) is 17.9 Å². The molecule has 0 amide bonds. The number of nitriles is 1. The molecule has 0 radical (unpaired) electrons. The second-order valence-electron chi connectivity index (χ2n) is 13.9. The zero-order valence-electron chi connectivity index (χ0n) is 29.4. The lowest BCUT2D eigenvalue weighted by atomic mass is 9.96. The first-order valence-corrected chi connectivity index (χ1v) is 19.0. The van der Waals surface area contributed by atoms with Crippen molar-refractivity contribution in [3.63, 3.8) is 0 Å². The molecule has 0 aliphatic heterocycles. The Balaban J connectivity index is 1.24. The molecule has 0 saturated carbocycles. The first kappa shape index (κ1) is 31.1. The van der Waals surface area contributed by atoms with E-state index in [1.807, 2.05) is 23.5 Å². The van der Waals surface area contributed by atoms with Crippen LogP contribution in [-0.4, -0.2) is 9.13 Å². The van der Waals surface area contributed by atoms with Gasteiger partial charge in [-0.1, -0.05) is 103 Å². The van der Waals surface area contributed by atoms with Crippen molar-refractivity contribution in [2.75, 3.05) is 0 Å². The number of rotatable bonds is 4. The fourth-order valence-electron chi connectivity index (χ4n) is 8.56. The molecule has 0 unspecified atom stereocenters. The van der Waals surface area contributed by atoms with Crippen LogP contribution >= 0.6 is 11.3 Å². The van der Waals surface area contributed by atoms with E-state index in [0.29, 0.717) is 11.3 Å². The summed E-state index contributed by atoms with van der Waals surface area (Å²) in [4.78, 5) is 3.66. The Bertz CT molecular complexity index is 3390. The zero-order chi connectivity index (χ0) is 36.6. The molecule has 4 nitrogen and oxygen atoms in total. The molecular formula is C50H28N4S. The van der Waals surface area contributed by atoms with E-state index in [9.17, 15) is 5.26 Å². The van der Waals surface area contributed by atoms with Gasteiger partial charge in [-0.25, -0.2) is 4.85 Å². The van der Waals surface area contributed by atoms with Crippen molar-refractivity contribution < 1.29 is 0 Å². The van der Waals surface area contributed by atoms with Gasteiger partial charge >= 0.3 is 0 Å². The molecule has 0 aliphatic rings. The van der Waals surface area contributed by atoms with Crippen LogP contribution < -0.4 is 0 Å². The van der Waals surface area contributed by atoms with Crippen LogP contribution in [0.25, 0.3) is 102 Å². The minimum atomic E-state index is 0.452. The van der Waals surface area contributed by atoms with Gasteiger partial charge in [0.1, 0.15) is 0 Å². The standard InChI is InChI=1S/C50H28N4S/c1-52-35-26-31(30-51)25-34(28-35)32-11-10-12-33(27-32)37-22-21-36(53-43-17-6-2-13-38(43)39-14-3-7-18-44(39)53)29-47(37)54-45-19-8-4-16-42(45)49-46(54)24-23-41-40-15-5-9-20-48(40)55-50(41)49/h2-29H. The average Bonchev–Trinajstić information content (AvgIpc) is 3.91. The van der Waals surface area contributed by atoms with Crippen LogP contribution in [0.2, 0.25) is 0 Å². The van der Waals surface area contributed by atoms with Crippen LogP contribution in [0.15, 0.2) is 170 Å². The van der Waals surface area contributed by atoms with E-state index in [1.54, 1.807) is 6.07 Å². The van der Waals surface area contributed by atoms with Crippen molar-refractivity contribution in [3.8, 4) is 39.7 Å². The number of para-hydroxylation sites is 3. The highest BCUT2D eigenvalue weighted by Gasteiger charge is 2.21. The van der Waals surface area contributed by atoms with Gasteiger partial charge in [0.25, 0.3) is 0 Å². The molecule has 0 fully saturated rings. The largest absolute Gasteiger partial charge is 0.309 e. The normalized spacial score (nSPS) is 11.6. The maximum absolute atomic E-state index is 9.76. The summed E-state index contributed by atoms with van der Waals surface area (Å²) in [6, 6.07) is 62.2. The van der Waals surface area contributed by atoms with E-state index in [-0.39, 0.29) is 0 Å². The van der Waals surface area contributed by atoms with Gasteiger partial charge in [0, 0.05) is 58.5 Å². The predicted octanol–water partition coefficient (Wildman–Crippen LogP) is 14.0. The summed E-state index contributed by atoms with van der Waals surface area (Å²) in [6.45, 7) is 7.66. The number of hydrogen-bond acceptors (Lipinski definition) is 2. The van der Waals surface area contributed by atoms with E-state index in [0.717, 1.165) is 55.7 Å². The van der Waals surface area contributed by atoms with Crippen LogP contribution in [0.4, 0.5) is 5.69 Å². The highest BCUT2D eigenvalue weighted by Crippen LogP contribution is 2.45. The van der Waals surface area contributed by atoms with Crippen molar-refractivity contribution in [2.45, 2.75) is 0 Å². The Morgan fingerprint density at radius 1 is 0.509 bits per heavy atom. The summed E-state index contributed by atoms with van der Waals surface area (Å²) in [5.41, 5.74) is 11.6. The molecule has 55 heavy (non-hydrogen) atoms. The fourth-order valence-corrected chi connectivity index (χ4v) is 9.82. The second kappa shape index (κ2) is 12.0. The third-order valence-corrected chi connectivity index (χ3v) is 12.1. The molecule has 11 rings (SSSR count). The Morgan fingerprint density at radius 3 is 1.93 bits per heavy atom. The van der Waals surface area contributed by atoms with E-state index in [2.05, 4.69) is 172 Å². The summed E-state index contributed by atoms with van der Waals surface area (Å²) in [5, 5.41) is 17.3. The average molecular weight is 717 g/mol. The van der Waals surface area contributed by atoms with E-state index >= 15 is 0 Å². The molecule has 0 N–H and O–H groups in total. The molecule has 0 spiro atoms. The summed E-state index contributed by atoms with van der Waals surface area (Å²) < 4.78 is 7.41. The molecule has 254 valence electrons. The molecule has 3 heterocycles. The Hall–Kier alpha value is -7.44. The van der Waals surface area contributed by atoms with Crippen LogP contribution in [0.5, 0.6) is 0 Å². The molecule has 0 saturated heterocycles. The quantitative estimate of drug-likeness (QED) is 0.167. The number of thiophene rings is 1. The Kier molecular flexibility index (Phi) is 6.82. The summed E-state index contributed by atoms with van der Waals surface area (Å²) in [6.07, 6.45) is 0. The summed E-state index contributed by atoms with van der Waals surface area (Å²) in [5.74, 6) is 0. The molecule has 11 aromatic rings. The van der Waals surface area contributed by atoms with Gasteiger partial charge in [0.05, 0.1) is 40.4 Å². The van der Waals surface area contributed by atoms with Gasteiger partial charge in [0.2, 0.25) is 0 Å². The number of nitrogens with zero attached hydrogens (tertiary/aromatic N) is 4. The third kappa shape index (κ3) is 4.68. The monoisotopic (exact) mass is 716 g/mol. The number of aromatic nitrogens is 2. The Morgan fingerprint density at radius 2 is 1.18 bits per heavy atom. The molecule has 3 aromatic heterocycles. The SMILES string of the molecule is [C-]#[N+]c1cc(C#N)cc(-c2cccc(-c3ccc(-n4c5ccccc5c5ccccc54)cc3-n3c4ccccc4c4c5sc6ccccc6c5ccc43)c2)c1. The van der Waals surface area contributed by atoms with Gasteiger partial charge in [0.15, 0.2) is 5.69 Å². The zero-order valence-corrected chi connectivity index (χ0v) is 30.2. The Labute approximate surface area is 320 Å². The maximum atomic E-state index is 9.76. The van der Waals surface area contributed by atoms with Crippen LogP contribution in [0.3, 0.4) is 0 Å².